The summed E-state index contributed by atoms with van der Waals surface area (Å²) >= 11 is 5.89. The molecule has 0 aliphatic carbocycles. The topological polar surface area (TPSA) is 42.1 Å². The molecule has 1 aromatic heterocycles. The van der Waals surface area contributed by atoms with E-state index in [4.69, 9.17) is 11.6 Å². The third kappa shape index (κ3) is 1.97. The summed E-state index contributed by atoms with van der Waals surface area (Å²) in [4.78, 5) is 14.2. The molecule has 0 amide bonds. The number of rotatable bonds is 2. The lowest BCUT2D eigenvalue weighted by Crippen LogP contribution is -2.03. The van der Waals surface area contributed by atoms with Crippen molar-refractivity contribution in [3.05, 3.63) is 35.0 Å². The van der Waals surface area contributed by atoms with Gasteiger partial charge in [-0.1, -0.05) is 11.6 Å². The second kappa shape index (κ2) is 3.95. The molecular formula is C11H10ClNO2. The Balaban J connectivity index is 2.43. The normalized spacial score (nSPS) is 10.5. The standard InChI is InChI=1S/C11H10ClNO2/c1-15-11(14)4-7-6-13-10-3-2-8(12)5-9(7)10/h2-3,5-6,13H,4H2,1H3. The molecule has 2 rings (SSSR count). The first kappa shape index (κ1) is 10.1. The number of H-pyrrole nitrogens is 1. The van der Waals surface area contributed by atoms with Crippen LogP contribution in [0.1, 0.15) is 5.56 Å². The Morgan fingerprint density at radius 1 is 1.53 bits per heavy atom. The highest BCUT2D eigenvalue weighted by atomic mass is 35.5. The average Bonchev–Trinajstić information content (AvgIpc) is 2.61. The summed E-state index contributed by atoms with van der Waals surface area (Å²) in [6.45, 7) is 0. The Kier molecular flexibility index (Phi) is 2.64. The van der Waals surface area contributed by atoms with E-state index in [1.807, 2.05) is 18.2 Å². The van der Waals surface area contributed by atoms with Crippen LogP contribution >= 0.6 is 11.6 Å². The van der Waals surface area contributed by atoms with Crippen molar-refractivity contribution < 1.29 is 9.53 Å². The first-order valence-corrected chi connectivity index (χ1v) is 4.91. The van der Waals surface area contributed by atoms with E-state index in [0.717, 1.165) is 16.5 Å². The van der Waals surface area contributed by atoms with Crippen molar-refractivity contribution >= 4 is 28.5 Å². The summed E-state index contributed by atoms with van der Waals surface area (Å²) in [6, 6.07) is 5.53. The van der Waals surface area contributed by atoms with Crippen LogP contribution in [0.25, 0.3) is 10.9 Å². The fraction of sp³-hybridized carbons (Fsp3) is 0.182. The molecule has 0 spiro atoms. The largest absolute Gasteiger partial charge is 0.469 e. The van der Waals surface area contributed by atoms with Gasteiger partial charge in [0.15, 0.2) is 0 Å². The molecule has 15 heavy (non-hydrogen) atoms. The average molecular weight is 224 g/mol. The van der Waals surface area contributed by atoms with Gasteiger partial charge in [0, 0.05) is 22.1 Å². The first-order valence-electron chi connectivity index (χ1n) is 4.53. The van der Waals surface area contributed by atoms with Gasteiger partial charge in [0.2, 0.25) is 0 Å². The fourth-order valence-electron chi connectivity index (χ4n) is 1.52. The molecule has 0 aliphatic rings. The van der Waals surface area contributed by atoms with E-state index in [9.17, 15) is 4.79 Å². The Hall–Kier alpha value is -1.48. The first-order chi connectivity index (χ1) is 7.20. The molecule has 0 aliphatic heterocycles. The van der Waals surface area contributed by atoms with Crippen LogP contribution in [0.15, 0.2) is 24.4 Å². The zero-order valence-electron chi connectivity index (χ0n) is 8.21. The molecule has 4 heteroatoms. The van der Waals surface area contributed by atoms with Crippen molar-refractivity contribution in [2.75, 3.05) is 7.11 Å². The third-order valence-corrected chi connectivity index (χ3v) is 2.53. The number of hydrogen-bond acceptors (Lipinski definition) is 2. The second-order valence-electron chi connectivity index (χ2n) is 3.26. The van der Waals surface area contributed by atoms with Crippen molar-refractivity contribution in [1.29, 1.82) is 0 Å². The van der Waals surface area contributed by atoms with Gasteiger partial charge in [-0.3, -0.25) is 4.79 Å². The third-order valence-electron chi connectivity index (χ3n) is 2.29. The Bertz CT molecular complexity index is 504. The second-order valence-corrected chi connectivity index (χ2v) is 3.69. The lowest BCUT2D eigenvalue weighted by atomic mass is 10.1. The van der Waals surface area contributed by atoms with Crippen molar-refractivity contribution in [2.24, 2.45) is 0 Å². The van der Waals surface area contributed by atoms with E-state index in [2.05, 4.69) is 9.72 Å². The number of carbonyl (C=O) groups excluding carboxylic acids is 1. The SMILES string of the molecule is COC(=O)Cc1c[nH]c2ccc(Cl)cc12. The number of fused-ring (bicyclic) bond motifs is 1. The number of hydrogen-bond donors (Lipinski definition) is 1. The van der Waals surface area contributed by atoms with E-state index in [-0.39, 0.29) is 12.4 Å². The van der Waals surface area contributed by atoms with Crippen molar-refractivity contribution in [3.8, 4) is 0 Å². The number of halogens is 1. The minimum Gasteiger partial charge on any atom is -0.469 e. The molecule has 0 fully saturated rings. The molecule has 0 saturated heterocycles. The Morgan fingerprint density at radius 3 is 3.07 bits per heavy atom. The molecule has 0 atom stereocenters. The summed E-state index contributed by atoms with van der Waals surface area (Å²) in [5.74, 6) is -0.254. The number of ether oxygens (including phenoxy) is 1. The summed E-state index contributed by atoms with van der Waals surface area (Å²) in [6.07, 6.45) is 2.06. The predicted octanol–water partition coefficient (Wildman–Crippen LogP) is 2.54. The summed E-state index contributed by atoms with van der Waals surface area (Å²) in [7, 11) is 1.38. The molecule has 1 aromatic carbocycles. The quantitative estimate of drug-likeness (QED) is 0.795. The minimum atomic E-state index is -0.254. The number of aromatic amines is 1. The van der Waals surface area contributed by atoms with Gasteiger partial charge in [0.25, 0.3) is 0 Å². The van der Waals surface area contributed by atoms with Crippen molar-refractivity contribution in [1.82, 2.24) is 4.98 Å². The van der Waals surface area contributed by atoms with Crippen LogP contribution in [0.3, 0.4) is 0 Å². The lowest BCUT2D eigenvalue weighted by molar-refractivity contribution is -0.139. The van der Waals surface area contributed by atoms with E-state index < -0.39 is 0 Å². The molecule has 0 saturated carbocycles. The molecule has 0 unspecified atom stereocenters. The van der Waals surface area contributed by atoms with E-state index in [0.29, 0.717) is 5.02 Å². The number of methoxy groups -OCH3 is 1. The Labute approximate surface area is 92.0 Å². The maximum Gasteiger partial charge on any atom is 0.310 e. The highest BCUT2D eigenvalue weighted by molar-refractivity contribution is 6.31. The van der Waals surface area contributed by atoms with Gasteiger partial charge in [-0.25, -0.2) is 0 Å². The summed E-state index contributed by atoms with van der Waals surface area (Å²) < 4.78 is 4.62. The van der Waals surface area contributed by atoms with Crippen LogP contribution in [0, 0.1) is 0 Å². The van der Waals surface area contributed by atoms with E-state index in [1.54, 1.807) is 6.20 Å². The van der Waals surface area contributed by atoms with Gasteiger partial charge in [-0.2, -0.15) is 0 Å². The Morgan fingerprint density at radius 2 is 2.33 bits per heavy atom. The van der Waals surface area contributed by atoms with E-state index >= 15 is 0 Å². The molecule has 1 N–H and O–H groups in total. The van der Waals surface area contributed by atoms with Crippen LogP contribution in [0.2, 0.25) is 5.02 Å². The molecule has 2 aromatic rings. The predicted molar refractivity (Wildman–Crippen MR) is 59.0 cm³/mol. The van der Waals surface area contributed by atoms with Gasteiger partial charge in [0.1, 0.15) is 0 Å². The maximum absolute atomic E-state index is 11.1. The van der Waals surface area contributed by atoms with Gasteiger partial charge >= 0.3 is 5.97 Å². The van der Waals surface area contributed by atoms with Crippen LogP contribution < -0.4 is 0 Å². The highest BCUT2D eigenvalue weighted by Crippen LogP contribution is 2.22. The molecule has 78 valence electrons. The zero-order valence-corrected chi connectivity index (χ0v) is 8.97. The van der Waals surface area contributed by atoms with Crippen LogP contribution in [-0.4, -0.2) is 18.1 Å². The lowest BCUT2D eigenvalue weighted by Gasteiger charge is -1.98. The molecular weight excluding hydrogens is 214 g/mol. The number of nitrogens with one attached hydrogen (secondary N) is 1. The van der Waals surface area contributed by atoms with Crippen LogP contribution in [0.4, 0.5) is 0 Å². The zero-order chi connectivity index (χ0) is 10.8. The summed E-state index contributed by atoms with van der Waals surface area (Å²) in [5, 5.41) is 1.63. The number of benzene rings is 1. The molecule has 3 nitrogen and oxygen atoms in total. The fourth-order valence-corrected chi connectivity index (χ4v) is 1.70. The smallest absolute Gasteiger partial charge is 0.310 e. The van der Waals surface area contributed by atoms with Gasteiger partial charge in [-0.15, -0.1) is 0 Å². The van der Waals surface area contributed by atoms with Gasteiger partial charge in [0.05, 0.1) is 13.5 Å². The molecule has 0 bridgehead atoms. The van der Waals surface area contributed by atoms with Crippen molar-refractivity contribution in [2.45, 2.75) is 6.42 Å². The minimum absolute atomic E-state index is 0.254. The van der Waals surface area contributed by atoms with E-state index in [1.165, 1.54) is 7.11 Å². The molecule has 1 heterocycles. The summed E-state index contributed by atoms with van der Waals surface area (Å²) in [5.41, 5.74) is 1.87. The van der Waals surface area contributed by atoms with Crippen LogP contribution in [-0.2, 0) is 16.0 Å². The number of carbonyl (C=O) groups is 1. The number of esters is 1. The molecule has 0 radical (unpaired) electrons. The van der Waals surface area contributed by atoms with Gasteiger partial charge in [-0.05, 0) is 23.8 Å². The van der Waals surface area contributed by atoms with Gasteiger partial charge < -0.3 is 9.72 Å². The number of aromatic nitrogens is 1. The highest BCUT2D eigenvalue weighted by Gasteiger charge is 2.08. The van der Waals surface area contributed by atoms with Crippen molar-refractivity contribution in [3.63, 3.8) is 0 Å². The van der Waals surface area contributed by atoms with Crippen LogP contribution in [0.5, 0.6) is 0 Å². The monoisotopic (exact) mass is 223 g/mol. The maximum atomic E-state index is 11.1.